The van der Waals surface area contributed by atoms with Crippen molar-refractivity contribution in [1.82, 2.24) is 5.32 Å². The summed E-state index contributed by atoms with van der Waals surface area (Å²) in [5, 5.41) is 6.25. The first-order valence-corrected chi connectivity index (χ1v) is 7.41. The van der Waals surface area contributed by atoms with Crippen LogP contribution in [-0.4, -0.2) is 32.2 Å². The summed E-state index contributed by atoms with van der Waals surface area (Å²) in [7, 11) is 0. The van der Waals surface area contributed by atoms with Crippen LogP contribution < -0.4 is 10.6 Å². The van der Waals surface area contributed by atoms with Gasteiger partial charge in [-0.15, -0.1) is 0 Å². The van der Waals surface area contributed by atoms with Crippen LogP contribution in [0.4, 0.5) is 5.69 Å². The highest BCUT2D eigenvalue weighted by Crippen LogP contribution is 2.17. The largest absolute Gasteiger partial charge is 0.385 e. The zero-order valence-corrected chi connectivity index (χ0v) is 12.4. The lowest BCUT2D eigenvalue weighted by molar-refractivity contribution is 0.0950. The van der Waals surface area contributed by atoms with E-state index in [0.717, 1.165) is 56.0 Å². The van der Waals surface area contributed by atoms with Gasteiger partial charge in [0.2, 0.25) is 0 Å². The van der Waals surface area contributed by atoms with E-state index >= 15 is 0 Å². The van der Waals surface area contributed by atoms with Crippen LogP contribution in [0.15, 0.2) is 18.2 Å². The van der Waals surface area contributed by atoms with E-state index in [2.05, 4.69) is 17.6 Å². The second-order valence-electron chi connectivity index (χ2n) is 5.33. The predicted octanol–water partition coefficient (Wildman–Crippen LogP) is 2.58. The first kappa shape index (κ1) is 14.9. The van der Waals surface area contributed by atoms with Crippen molar-refractivity contribution in [3.05, 3.63) is 29.3 Å². The van der Waals surface area contributed by atoms with Crippen LogP contribution in [0.1, 0.15) is 35.7 Å². The van der Waals surface area contributed by atoms with Crippen LogP contribution in [0.3, 0.4) is 0 Å². The summed E-state index contributed by atoms with van der Waals surface area (Å²) in [4.78, 5) is 12.1. The average Bonchev–Trinajstić information content (AvgIpc) is 2.92. The third kappa shape index (κ3) is 3.97. The van der Waals surface area contributed by atoms with Crippen LogP contribution in [0.2, 0.25) is 0 Å². The summed E-state index contributed by atoms with van der Waals surface area (Å²) in [5.74, 6) is 0.622. The molecule has 1 aromatic rings. The van der Waals surface area contributed by atoms with E-state index in [-0.39, 0.29) is 5.91 Å². The Morgan fingerprint density at radius 1 is 1.45 bits per heavy atom. The molecule has 20 heavy (non-hydrogen) atoms. The fraction of sp³-hybridized carbons (Fsp3) is 0.562. The SMILES string of the molecule is CCNc1ccc(C(=O)NCCC2CCOC2)c(C)c1. The van der Waals surface area contributed by atoms with Gasteiger partial charge in [0.1, 0.15) is 0 Å². The van der Waals surface area contributed by atoms with Crippen molar-refractivity contribution < 1.29 is 9.53 Å². The number of hydrogen-bond acceptors (Lipinski definition) is 3. The molecule has 1 saturated heterocycles. The Kier molecular flexibility index (Phi) is 5.41. The van der Waals surface area contributed by atoms with Gasteiger partial charge in [-0.25, -0.2) is 0 Å². The van der Waals surface area contributed by atoms with Gasteiger partial charge in [0, 0.05) is 37.6 Å². The van der Waals surface area contributed by atoms with E-state index < -0.39 is 0 Å². The molecule has 1 atom stereocenters. The molecule has 0 spiro atoms. The first-order chi connectivity index (χ1) is 9.70. The van der Waals surface area contributed by atoms with Crippen LogP contribution in [0, 0.1) is 12.8 Å². The van der Waals surface area contributed by atoms with E-state index in [1.165, 1.54) is 0 Å². The first-order valence-electron chi connectivity index (χ1n) is 7.41. The monoisotopic (exact) mass is 276 g/mol. The molecule has 1 fully saturated rings. The zero-order chi connectivity index (χ0) is 14.4. The van der Waals surface area contributed by atoms with E-state index in [4.69, 9.17) is 4.74 Å². The maximum Gasteiger partial charge on any atom is 0.251 e. The van der Waals surface area contributed by atoms with Crippen molar-refractivity contribution in [3.63, 3.8) is 0 Å². The number of benzene rings is 1. The number of carbonyl (C=O) groups is 1. The zero-order valence-electron chi connectivity index (χ0n) is 12.4. The molecule has 1 unspecified atom stereocenters. The summed E-state index contributed by atoms with van der Waals surface area (Å²) in [6.07, 6.45) is 2.12. The Morgan fingerprint density at radius 3 is 2.95 bits per heavy atom. The van der Waals surface area contributed by atoms with Crippen molar-refractivity contribution in [2.45, 2.75) is 26.7 Å². The standard InChI is InChI=1S/C16H24N2O2/c1-3-17-14-4-5-15(12(2)10-14)16(19)18-8-6-13-7-9-20-11-13/h4-5,10,13,17H,3,6-9,11H2,1-2H3,(H,18,19). The van der Waals surface area contributed by atoms with Gasteiger partial charge in [-0.1, -0.05) is 0 Å². The maximum absolute atomic E-state index is 12.1. The highest BCUT2D eigenvalue weighted by Gasteiger charge is 2.16. The van der Waals surface area contributed by atoms with Gasteiger partial charge >= 0.3 is 0 Å². The number of carbonyl (C=O) groups excluding carboxylic acids is 1. The van der Waals surface area contributed by atoms with E-state index in [9.17, 15) is 4.79 Å². The molecular formula is C16H24N2O2. The molecule has 4 heteroatoms. The summed E-state index contributed by atoms with van der Waals surface area (Å²) >= 11 is 0. The molecule has 0 bridgehead atoms. The highest BCUT2D eigenvalue weighted by molar-refractivity contribution is 5.96. The summed E-state index contributed by atoms with van der Waals surface area (Å²) in [6, 6.07) is 5.86. The van der Waals surface area contributed by atoms with Crippen molar-refractivity contribution in [3.8, 4) is 0 Å². The lowest BCUT2D eigenvalue weighted by Crippen LogP contribution is -2.26. The van der Waals surface area contributed by atoms with Gasteiger partial charge < -0.3 is 15.4 Å². The van der Waals surface area contributed by atoms with E-state index in [1.54, 1.807) is 0 Å². The normalized spacial score (nSPS) is 18.0. The van der Waals surface area contributed by atoms with Gasteiger partial charge in [-0.3, -0.25) is 4.79 Å². The smallest absolute Gasteiger partial charge is 0.251 e. The summed E-state index contributed by atoms with van der Waals surface area (Å²) in [5.41, 5.74) is 2.82. The van der Waals surface area contributed by atoms with Gasteiger partial charge in [0.25, 0.3) is 5.91 Å². The third-order valence-corrected chi connectivity index (χ3v) is 3.71. The second kappa shape index (κ2) is 7.29. The Morgan fingerprint density at radius 2 is 2.30 bits per heavy atom. The van der Waals surface area contributed by atoms with Gasteiger partial charge in [-0.05, 0) is 56.4 Å². The van der Waals surface area contributed by atoms with Crippen molar-refractivity contribution in [1.29, 1.82) is 0 Å². The second-order valence-corrected chi connectivity index (χ2v) is 5.33. The molecular weight excluding hydrogens is 252 g/mol. The van der Waals surface area contributed by atoms with Crippen LogP contribution in [0.5, 0.6) is 0 Å². The fourth-order valence-corrected chi connectivity index (χ4v) is 2.53. The molecule has 1 aliphatic rings. The lowest BCUT2D eigenvalue weighted by atomic mass is 10.0. The minimum Gasteiger partial charge on any atom is -0.385 e. The molecule has 0 aliphatic carbocycles. The predicted molar refractivity (Wildman–Crippen MR) is 81.2 cm³/mol. The minimum absolute atomic E-state index is 0.0180. The van der Waals surface area contributed by atoms with Crippen molar-refractivity contribution in [2.75, 3.05) is 31.6 Å². The number of nitrogens with one attached hydrogen (secondary N) is 2. The Labute approximate surface area is 120 Å². The number of anilines is 1. The lowest BCUT2D eigenvalue weighted by Gasteiger charge is -2.11. The topological polar surface area (TPSA) is 50.4 Å². The maximum atomic E-state index is 12.1. The number of rotatable bonds is 6. The number of hydrogen-bond donors (Lipinski definition) is 2. The molecule has 1 amide bonds. The Hall–Kier alpha value is -1.55. The number of amides is 1. The fourth-order valence-electron chi connectivity index (χ4n) is 2.53. The molecule has 2 N–H and O–H groups in total. The Balaban J connectivity index is 1.85. The highest BCUT2D eigenvalue weighted by atomic mass is 16.5. The van der Waals surface area contributed by atoms with Gasteiger partial charge in [0.15, 0.2) is 0 Å². The van der Waals surface area contributed by atoms with Crippen LogP contribution in [-0.2, 0) is 4.74 Å². The Bertz CT molecular complexity index is 454. The molecule has 0 radical (unpaired) electrons. The molecule has 0 aromatic heterocycles. The quantitative estimate of drug-likeness (QED) is 0.839. The van der Waals surface area contributed by atoms with E-state index in [1.807, 2.05) is 25.1 Å². The molecule has 1 heterocycles. The molecule has 4 nitrogen and oxygen atoms in total. The molecule has 2 rings (SSSR count). The van der Waals surface area contributed by atoms with Crippen molar-refractivity contribution >= 4 is 11.6 Å². The van der Waals surface area contributed by atoms with Crippen LogP contribution >= 0.6 is 0 Å². The third-order valence-electron chi connectivity index (χ3n) is 3.71. The molecule has 1 aromatic carbocycles. The van der Waals surface area contributed by atoms with Crippen molar-refractivity contribution in [2.24, 2.45) is 5.92 Å². The van der Waals surface area contributed by atoms with E-state index in [0.29, 0.717) is 5.92 Å². The molecule has 0 saturated carbocycles. The number of ether oxygens (including phenoxy) is 1. The van der Waals surface area contributed by atoms with Gasteiger partial charge in [-0.2, -0.15) is 0 Å². The summed E-state index contributed by atoms with van der Waals surface area (Å²) in [6.45, 7) is 7.34. The average molecular weight is 276 g/mol. The number of aryl methyl sites for hydroxylation is 1. The molecule has 1 aliphatic heterocycles. The minimum atomic E-state index is 0.0180. The van der Waals surface area contributed by atoms with Gasteiger partial charge in [0.05, 0.1) is 0 Å². The van der Waals surface area contributed by atoms with Crippen LogP contribution in [0.25, 0.3) is 0 Å². The summed E-state index contributed by atoms with van der Waals surface area (Å²) < 4.78 is 5.33. The molecule has 110 valence electrons.